The number of fused-ring (bicyclic) bond motifs is 1. The van der Waals surface area contributed by atoms with E-state index in [1.165, 1.54) is 5.56 Å². The van der Waals surface area contributed by atoms with Gasteiger partial charge in [-0.2, -0.15) is 9.61 Å². The molecule has 3 aromatic rings. The molecule has 0 atom stereocenters. The molecule has 0 bridgehead atoms. The molecule has 0 saturated heterocycles. The van der Waals surface area contributed by atoms with Crippen LogP contribution in [0.5, 0.6) is 0 Å². The number of benzene rings is 1. The van der Waals surface area contributed by atoms with Gasteiger partial charge in [-0.15, -0.1) is 10.2 Å². The number of nitrogens with one attached hydrogen (secondary N) is 1. The monoisotopic (exact) mass is 303 g/mol. The number of hydrogen-bond acceptors (Lipinski definition) is 6. The largest absolute Gasteiger partial charge is 0.385 e. The lowest BCUT2D eigenvalue weighted by atomic mass is 10.2. The number of anilines is 1. The Morgan fingerprint density at radius 3 is 2.81 bits per heavy atom. The summed E-state index contributed by atoms with van der Waals surface area (Å²) in [6.07, 6.45) is 0.855. The van der Waals surface area contributed by atoms with E-state index in [1.807, 2.05) is 0 Å². The maximum absolute atomic E-state index is 5.08. The van der Waals surface area contributed by atoms with Crippen molar-refractivity contribution in [1.82, 2.24) is 19.8 Å². The number of methoxy groups -OCH3 is 1. The maximum atomic E-state index is 5.08. The predicted octanol–water partition coefficient (Wildman–Crippen LogP) is 2.30. The highest BCUT2D eigenvalue weighted by molar-refractivity contribution is 7.16. The van der Waals surface area contributed by atoms with E-state index in [0.29, 0.717) is 6.61 Å². The Kier molecular flexibility index (Phi) is 4.12. The third-order valence-electron chi connectivity index (χ3n) is 3.09. The average molecular weight is 303 g/mol. The Morgan fingerprint density at radius 1 is 1.24 bits per heavy atom. The van der Waals surface area contributed by atoms with Gasteiger partial charge in [0, 0.05) is 25.8 Å². The van der Waals surface area contributed by atoms with Crippen molar-refractivity contribution in [2.45, 2.75) is 20.0 Å². The number of nitrogens with zero attached hydrogens (tertiary/aromatic N) is 4. The Balaban J connectivity index is 1.61. The van der Waals surface area contributed by atoms with Gasteiger partial charge in [-0.25, -0.2) is 0 Å². The summed E-state index contributed by atoms with van der Waals surface area (Å²) in [6, 6.07) is 8.38. The van der Waals surface area contributed by atoms with Gasteiger partial charge in [0.25, 0.3) is 0 Å². The fourth-order valence-corrected chi connectivity index (χ4v) is 2.85. The first kappa shape index (κ1) is 14.0. The molecule has 110 valence electrons. The summed E-state index contributed by atoms with van der Waals surface area (Å²) >= 11 is 1.56. The third kappa shape index (κ3) is 3.20. The number of rotatable bonds is 6. The fraction of sp³-hybridized carbons (Fsp3) is 0.357. The molecular weight excluding hydrogens is 286 g/mol. The van der Waals surface area contributed by atoms with Gasteiger partial charge >= 0.3 is 0 Å². The first-order chi connectivity index (χ1) is 10.3. The van der Waals surface area contributed by atoms with E-state index in [1.54, 1.807) is 23.0 Å². The van der Waals surface area contributed by atoms with E-state index in [9.17, 15) is 0 Å². The maximum Gasteiger partial charge on any atom is 0.234 e. The molecule has 0 unspecified atom stereocenters. The number of ether oxygens (including phenoxy) is 1. The van der Waals surface area contributed by atoms with Crippen LogP contribution in [0.3, 0.4) is 0 Å². The first-order valence-corrected chi connectivity index (χ1v) is 7.57. The van der Waals surface area contributed by atoms with Crippen LogP contribution in [0.2, 0.25) is 0 Å². The first-order valence-electron chi connectivity index (χ1n) is 6.76. The molecule has 1 aromatic carbocycles. The van der Waals surface area contributed by atoms with Gasteiger partial charge < -0.3 is 10.1 Å². The molecule has 0 aliphatic rings. The van der Waals surface area contributed by atoms with Crippen molar-refractivity contribution < 1.29 is 4.74 Å². The van der Waals surface area contributed by atoms with Crippen LogP contribution in [0.25, 0.3) is 4.96 Å². The Morgan fingerprint density at radius 2 is 2.05 bits per heavy atom. The van der Waals surface area contributed by atoms with Crippen molar-refractivity contribution in [3.05, 3.63) is 40.7 Å². The summed E-state index contributed by atoms with van der Waals surface area (Å²) in [4.78, 5) is 0.812. The molecule has 6 nitrogen and oxygen atoms in total. The molecule has 0 fully saturated rings. The summed E-state index contributed by atoms with van der Waals surface area (Å²) in [5.74, 6) is 0.737. The second-order valence-electron chi connectivity index (χ2n) is 4.78. The van der Waals surface area contributed by atoms with Crippen LogP contribution in [-0.2, 0) is 17.8 Å². The molecule has 0 saturated carbocycles. The van der Waals surface area contributed by atoms with E-state index in [2.05, 4.69) is 51.8 Å². The summed E-state index contributed by atoms with van der Waals surface area (Å²) in [7, 11) is 1.64. The SMILES string of the molecule is COCc1nnc2sc(CCNc3ccc(C)cc3)nn12. The van der Waals surface area contributed by atoms with Gasteiger partial charge in [0.1, 0.15) is 11.6 Å². The minimum Gasteiger partial charge on any atom is -0.385 e. The van der Waals surface area contributed by atoms with Gasteiger partial charge in [-0.1, -0.05) is 29.0 Å². The molecule has 0 aliphatic heterocycles. The van der Waals surface area contributed by atoms with Crippen molar-refractivity contribution >= 4 is 22.0 Å². The Bertz CT molecular complexity index is 719. The van der Waals surface area contributed by atoms with E-state index < -0.39 is 0 Å². The van der Waals surface area contributed by atoms with Crippen molar-refractivity contribution in [3.63, 3.8) is 0 Å². The molecule has 2 heterocycles. The van der Waals surface area contributed by atoms with Crippen molar-refractivity contribution in [1.29, 1.82) is 0 Å². The molecular formula is C14H17N5OS. The van der Waals surface area contributed by atoms with Crippen LogP contribution >= 0.6 is 11.3 Å². The Hall–Kier alpha value is -1.99. The molecule has 1 N–H and O–H groups in total. The zero-order valence-corrected chi connectivity index (χ0v) is 12.9. The van der Waals surface area contributed by atoms with Crippen molar-refractivity contribution in [2.75, 3.05) is 19.0 Å². The average Bonchev–Trinajstić information content (AvgIpc) is 3.03. The Labute approximate surface area is 126 Å². The lowest BCUT2D eigenvalue weighted by Gasteiger charge is -2.04. The van der Waals surface area contributed by atoms with Crippen molar-refractivity contribution in [2.24, 2.45) is 0 Å². The lowest BCUT2D eigenvalue weighted by Crippen LogP contribution is -2.05. The highest BCUT2D eigenvalue weighted by Crippen LogP contribution is 2.15. The van der Waals surface area contributed by atoms with Crippen LogP contribution < -0.4 is 5.32 Å². The van der Waals surface area contributed by atoms with Gasteiger partial charge in [-0.3, -0.25) is 0 Å². The molecule has 7 heteroatoms. The summed E-state index contributed by atoms with van der Waals surface area (Å²) < 4.78 is 6.84. The second-order valence-corrected chi connectivity index (χ2v) is 5.82. The zero-order chi connectivity index (χ0) is 14.7. The van der Waals surface area contributed by atoms with Crippen molar-refractivity contribution in [3.8, 4) is 0 Å². The van der Waals surface area contributed by atoms with Crippen LogP contribution in [-0.4, -0.2) is 33.5 Å². The molecule has 0 radical (unpaired) electrons. The molecule has 0 amide bonds. The van der Waals surface area contributed by atoms with Gasteiger partial charge in [-0.05, 0) is 19.1 Å². The van der Waals surface area contributed by atoms with E-state index in [4.69, 9.17) is 4.74 Å². The normalized spacial score (nSPS) is 11.1. The van der Waals surface area contributed by atoms with Gasteiger partial charge in [0.05, 0.1) is 0 Å². The second kappa shape index (κ2) is 6.19. The summed E-state index contributed by atoms with van der Waals surface area (Å²) in [5, 5.41) is 17.1. The van der Waals surface area contributed by atoms with Crippen LogP contribution in [0.15, 0.2) is 24.3 Å². The van der Waals surface area contributed by atoms with E-state index >= 15 is 0 Å². The highest BCUT2D eigenvalue weighted by Gasteiger charge is 2.10. The molecule has 21 heavy (non-hydrogen) atoms. The predicted molar refractivity (Wildman–Crippen MR) is 82.7 cm³/mol. The number of hydrogen-bond donors (Lipinski definition) is 1. The molecule has 2 aromatic heterocycles. The lowest BCUT2D eigenvalue weighted by molar-refractivity contribution is 0.176. The summed E-state index contributed by atoms with van der Waals surface area (Å²) in [5.41, 5.74) is 2.39. The van der Waals surface area contributed by atoms with Crippen LogP contribution in [0.4, 0.5) is 5.69 Å². The summed E-state index contributed by atoms with van der Waals surface area (Å²) in [6.45, 7) is 3.35. The van der Waals surface area contributed by atoms with Crippen LogP contribution in [0, 0.1) is 6.92 Å². The van der Waals surface area contributed by atoms with Gasteiger partial charge in [0.15, 0.2) is 5.82 Å². The molecule has 0 aliphatic carbocycles. The van der Waals surface area contributed by atoms with E-state index in [-0.39, 0.29) is 0 Å². The molecule has 3 rings (SSSR count). The number of aromatic nitrogens is 4. The minimum atomic E-state index is 0.423. The fourth-order valence-electron chi connectivity index (χ4n) is 2.00. The van der Waals surface area contributed by atoms with Gasteiger partial charge in [0.2, 0.25) is 4.96 Å². The number of aryl methyl sites for hydroxylation is 1. The standard InChI is InChI=1S/C14H17N5OS/c1-10-3-5-11(6-4-10)15-8-7-13-18-19-12(9-20-2)16-17-14(19)21-13/h3-6,15H,7-9H2,1-2H3. The molecule has 0 spiro atoms. The quantitative estimate of drug-likeness (QED) is 0.757. The smallest absolute Gasteiger partial charge is 0.234 e. The minimum absolute atomic E-state index is 0.423. The third-order valence-corrected chi connectivity index (χ3v) is 4.05. The van der Waals surface area contributed by atoms with Crippen LogP contribution in [0.1, 0.15) is 16.4 Å². The zero-order valence-electron chi connectivity index (χ0n) is 12.0. The highest BCUT2D eigenvalue weighted by atomic mass is 32.1. The van der Waals surface area contributed by atoms with E-state index in [0.717, 1.165) is 34.4 Å². The topological polar surface area (TPSA) is 64.3 Å².